The van der Waals surface area contributed by atoms with Crippen LogP contribution in [0.1, 0.15) is 29.9 Å². The van der Waals surface area contributed by atoms with Crippen LogP contribution in [0.15, 0.2) is 42.4 Å². The number of hydrogen-bond acceptors (Lipinski definition) is 6. The zero-order chi connectivity index (χ0) is 23.2. The Morgan fingerprint density at radius 2 is 1.91 bits per heavy atom. The molecule has 0 aliphatic carbocycles. The van der Waals surface area contributed by atoms with E-state index in [0.717, 1.165) is 85.8 Å². The molecule has 0 N–H and O–H groups in total. The highest BCUT2D eigenvalue weighted by molar-refractivity contribution is 7.51. The first-order valence-electron chi connectivity index (χ1n) is 12.2. The molecule has 4 aliphatic heterocycles. The van der Waals surface area contributed by atoms with Crippen molar-refractivity contribution in [3.63, 3.8) is 0 Å². The summed E-state index contributed by atoms with van der Waals surface area (Å²) in [4.78, 5) is 24.6. The molecule has 6 heterocycles. The summed E-state index contributed by atoms with van der Waals surface area (Å²) in [5, 5.41) is 5.76. The Morgan fingerprint density at radius 3 is 2.71 bits per heavy atom. The van der Waals surface area contributed by atoms with Crippen LogP contribution in [-0.2, 0) is 9.53 Å². The van der Waals surface area contributed by atoms with Gasteiger partial charge in [-0.2, -0.15) is 5.10 Å². The molecule has 8 nitrogen and oxygen atoms in total. The highest BCUT2D eigenvalue weighted by Crippen LogP contribution is 2.44. The predicted molar refractivity (Wildman–Crippen MR) is 134 cm³/mol. The summed E-state index contributed by atoms with van der Waals surface area (Å²) >= 11 is 0. The molecule has 2 saturated heterocycles. The van der Waals surface area contributed by atoms with Gasteiger partial charge in [0.05, 0.1) is 53.5 Å². The first-order chi connectivity index (χ1) is 16.5. The second kappa shape index (κ2) is 8.91. The lowest BCUT2D eigenvalue weighted by molar-refractivity contribution is -0.123. The van der Waals surface area contributed by atoms with Crippen molar-refractivity contribution in [2.75, 3.05) is 39.4 Å². The van der Waals surface area contributed by atoms with Gasteiger partial charge in [-0.25, -0.2) is 4.52 Å². The van der Waals surface area contributed by atoms with Crippen molar-refractivity contribution in [1.29, 1.82) is 0 Å². The summed E-state index contributed by atoms with van der Waals surface area (Å²) in [6.45, 7) is 9.84. The number of piperidine rings is 1. The number of ether oxygens (including phenoxy) is 1. The fourth-order valence-corrected chi connectivity index (χ4v) is 6.78. The monoisotopic (exact) mass is 478 g/mol. The van der Waals surface area contributed by atoms with Crippen molar-refractivity contribution in [3.8, 4) is 0 Å². The highest BCUT2D eigenvalue weighted by Gasteiger charge is 2.32. The molecule has 6 rings (SSSR count). The maximum atomic E-state index is 13.1. The molecule has 0 bridgehead atoms. The predicted octanol–water partition coefficient (Wildman–Crippen LogP) is 2.74. The standard InChI is InChI=1S/C25H31N6O2P/c1-17-15-31-22(18(2)26-17)13-21(27-31)23-14-24(32)30-16-20(3-4-25(30)34-23)28-7-5-19(6-8-28)29-9-11-33-12-10-29/h3-4,13-16,19,25,34H,5-12H2,1-2H3. The van der Waals surface area contributed by atoms with Gasteiger partial charge in [0.1, 0.15) is 0 Å². The number of carbonyl (C=O) groups excluding carboxylic acids is 1. The van der Waals surface area contributed by atoms with Crippen LogP contribution in [0.25, 0.3) is 10.8 Å². The van der Waals surface area contributed by atoms with E-state index in [4.69, 9.17) is 9.84 Å². The quantitative estimate of drug-likeness (QED) is 0.633. The number of amides is 1. The van der Waals surface area contributed by atoms with Crippen molar-refractivity contribution >= 4 is 25.3 Å². The molecule has 2 aromatic heterocycles. The van der Waals surface area contributed by atoms with Crippen LogP contribution in [0.2, 0.25) is 0 Å². The summed E-state index contributed by atoms with van der Waals surface area (Å²) in [6.07, 6.45) is 12.5. The zero-order valence-corrected chi connectivity index (χ0v) is 20.8. The minimum atomic E-state index is 0.0342. The summed E-state index contributed by atoms with van der Waals surface area (Å²) in [5.41, 5.74) is 4.90. The van der Waals surface area contributed by atoms with Gasteiger partial charge >= 0.3 is 0 Å². The van der Waals surface area contributed by atoms with E-state index in [0.29, 0.717) is 14.6 Å². The van der Waals surface area contributed by atoms with Gasteiger partial charge in [-0.3, -0.25) is 14.7 Å². The fraction of sp³-hybridized carbons (Fsp3) is 0.480. The maximum Gasteiger partial charge on any atom is 0.252 e. The lowest BCUT2D eigenvalue weighted by Crippen LogP contribution is -2.49. The molecule has 178 valence electrons. The van der Waals surface area contributed by atoms with Gasteiger partial charge in [0.2, 0.25) is 0 Å². The molecule has 2 fully saturated rings. The summed E-state index contributed by atoms with van der Waals surface area (Å²) in [5.74, 6) is 0.0970. The molecule has 0 aromatic carbocycles. The van der Waals surface area contributed by atoms with Crippen LogP contribution in [0.5, 0.6) is 0 Å². The Balaban J connectivity index is 1.16. The number of nitrogens with zero attached hydrogens (tertiary/aromatic N) is 6. The first-order valence-corrected chi connectivity index (χ1v) is 13.2. The van der Waals surface area contributed by atoms with Crippen molar-refractivity contribution in [2.45, 2.75) is 38.5 Å². The Bertz CT molecular complexity index is 1200. The van der Waals surface area contributed by atoms with Crippen molar-refractivity contribution in [1.82, 2.24) is 29.3 Å². The smallest absolute Gasteiger partial charge is 0.252 e. The van der Waals surface area contributed by atoms with Crippen LogP contribution in [0, 0.1) is 13.8 Å². The molecule has 4 aliphatic rings. The van der Waals surface area contributed by atoms with Gasteiger partial charge in [0, 0.05) is 49.8 Å². The van der Waals surface area contributed by atoms with Crippen LogP contribution in [-0.4, -0.2) is 86.4 Å². The number of carbonyl (C=O) groups is 1. The third-order valence-electron chi connectivity index (χ3n) is 7.27. The fourth-order valence-electron chi connectivity index (χ4n) is 5.45. The normalized spacial score (nSPS) is 25.1. The molecule has 0 saturated carbocycles. The third-order valence-corrected chi connectivity index (χ3v) is 8.75. The SMILES string of the molecule is Cc1cn2nc(C3=CC(=O)N4C=C(N5CCC(N6CCOCC6)CC5)C=CC4P3)cc2c(C)n1. The number of fused-ring (bicyclic) bond motifs is 2. The molecule has 2 aromatic rings. The number of likely N-dealkylation sites (tertiary alicyclic amines) is 1. The van der Waals surface area contributed by atoms with E-state index >= 15 is 0 Å². The average Bonchev–Trinajstić information content (AvgIpc) is 3.29. The van der Waals surface area contributed by atoms with E-state index in [-0.39, 0.29) is 11.7 Å². The second-order valence-electron chi connectivity index (χ2n) is 9.50. The van der Waals surface area contributed by atoms with Crippen molar-refractivity contribution in [2.24, 2.45) is 0 Å². The van der Waals surface area contributed by atoms with E-state index in [1.807, 2.05) is 29.5 Å². The van der Waals surface area contributed by atoms with E-state index in [1.165, 1.54) is 0 Å². The van der Waals surface area contributed by atoms with Crippen molar-refractivity contribution in [3.05, 3.63) is 59.5 Å². The molecular weight excluding hydrogens is 447 g/mol. The number of aromatic nitrogens is 3. The number of allylic oxidation sites excluding steroid dienone is 1. The molecule has 0 spiro atoms. The number of aryl methyl sites for hydroxylation is 2. The first kappa shape index (κ1) is 22.0. The Kier molecular flexibility index (Phi) is 5.76. The van der Waals surface area contributed by atoms with Gasteiger partial charge in [0.25, 0.3) is 5.91 Å². The minimum absolute atomic E-state index is 0.0342. The van der Waals surface area contributed by atoms with Crippen LogP contribution >= 0.6 is 8.58 Å². The van der Waals surface area contributed by atoms with Crippen LogP contribution in [0.3, 0.4) is 0 Å². The highest BCUT2D eigenvalue weighted by atomic mass is 31.1. The van der Waals surface area contributed by atoms with E-state index in [1.54, 1.807) is 6.08 Å². The summed E-state index contributed by atoms with van der Waals surface area (Å²) in [7, 11) is 0.463. The van der Waals surface area contributed by atoms with Gasteiger partial charge in [0.15, 0.2) is 0 Å². The maximum absolute atomic E-state index is 13.1. The Labute approximate surface area is 201 Å². The average molecular weight is 479 g/mol. The third kappa shape index (κ3) is 4.08. The van der Waals surface area contributed by atoms with E-state index in [2.05, 4.69) is 39.2 Å². The number of rotatable bonds is 3. The topological polar surface area (TPSA) is 66.2 Å². The zero-order valence-electron chi connectivity index (χ0n) is 19.8. The van der Waals surface area contributed by atoms with Crippen LogP contribution < -0.4 is 0 Å². The molecule has 34 heavy (non-hydrogen) atoms. The Morgan fingerprint density at radius 1 is 1.12 bits per heavy atom. The number of morpholine rings is 1. The summed E-state index contributed by atoms with van der Waals surface area (Å²) in [6, 6.07) is 2.70. The van der Waals surface area contributed by atoms with E-state index in [9.17, 15) is 4.79 Å². The molecule has 0 radical (unpaired) electrons. The van der Waals surface area contributed by atoms with E-state index < -0.39 is 0 Å². The summed E-state index contributed by atoms with van der Waals surface area (Å²) < 4.78 is 7.39. The van der Waals surface area contributed by atoms with Crippen LogP contribution in [0.4, 0.5) is 0 Å². The molecule has 2 atom stereocenters. The lowest BCUT2D eigenvalue weighted by atomic mass is 10.0. The Hall–Kier alpha value is -2.54. The molecule has 9 heteroatoms. The molecule has 2 unspecified atom stereocenters. The van der Waals surface area contributed by atoms with Gasteiger partial charge in [-0.15, -0.1) is 0 Å². The number of hydrogen-bond donors (Lipinski definition) is 0. The molecular formula is C25H31N6O2P. The van der Waals surface area contributed by atoms with Gasteiger partial charge in [-0.1, -0.05) is 14.7 Å². The van der Waals surface area contributed by atoms with Gasteiger partial charge in [-0.05, 0) is 38.8 Å². The largest absolute Gasteiger partial charge is 0.379 e. The minimum Gasteiger partial charge on any atom is -0.379 e. The second-order valence-corrected chi connectivity index (χ2v) is 10.9. The lowest BCUT2D eigenvalue weighted by Gasteiger charge is -2.42. The van der Waals surface area contributed by atoms with Crippen molar-refractivity contribution < 1.29 is 9.53 Å². The molecule has 1 amide bonds. The van der Waals surface area contributed by atoms with Gasteiger partial charge < -0.3 is 14.5 Å².